The van der Waals surface area contributed by atoms with Crippen LogP contribution in [0, 0.1) is 0 Å². The van der Waals surface area contributed by atoms with Gasteiger partial charge in [0.05, 0.1) is 28.4 Å². The summed E-state index contributed by atoms with van der Waals surface area (Å²) in [5, 5.41) is 0.374. The van der Waals surface area contributed by atoms with Crippen LogP contribution < -0.4 is 0 Å². The molecule has 0 atom stereocenters. The number of aryl methyl sites for hydroxylation is 1. The van der Waals surface area contributed by atoms with Crippen molar-refractivity contribution >= 4 is 34.2 Å². The lowest BCUT2D eigenvalue weighted by molar-refractivity contribution is -0.136. The van der Waals surface area contributed by atoms with Crippen LogP contribution in [0.5, 0.6) is 0 Å². The van der Waals surface area contributed by atoms with E-state index < -0.39 is 12.6 Å². The third-order valence-electron chi connectivity index (χ3n) is 2.53. The quantitative estimate of drug-likeness (QED) is 0.769. The molecule has 0 radical (unpaired) electrons. The summed E-state index contributed by atoms with van der Waals surface area (Å²) in [4.78, 5) is 4.17. The Morgan fingerprint density at radius 2 is 2.00 bits per heavy atom. The number of hydrogen-bond acceptors (Lipinski definition) is 1. The van der Waals surface area contributed by atoms with Crippen LogP contribution in [0.3, 0.4) is 0 Å². The Balaban J connectivity index is 2.46. The monoisotopic (exact) mass is 296 g/mol. The molecule has 0 fully saturated rings. The number of hydrogen-bond donors (Lipinski definition) is 0. The van der Waals surface area contributed by atoms with Gasteiger partial charge in [0.15, 0.2) is 0 Å². The van der Waals surface area contributed by atoms with Crippen LogP contribution >= 0.6 is 23.2 Å². The van der Waals surface area contributed by atoms with Crippen LogP contribution in [0.4, 0.5) is 13.2 Å². The maximum absolute atomic E-state index is 12.3. The number of aromatic nitrogens is 2. The van der Waals surface area contributed by atoms with Gasteiger partial charge in [0, 0.05) is 6.54 Å². The molecule has 98 valence electrons. The molecule has 0 bridgehead atoms. The molecule has 2 nitrogen and oxygen atoms in total. The Bertz CT molecular complexity index is 563. The third-order valence-corrected chi connectivity index (χ3v) is 3.08. The van der Waals surface area contributed by atoms with E-state index in [0.717, 1.165) is 0 Å². The van der Waals surface area contributed by atoms with Crippen LogP contribution in [-0.4, -0.2) is 15.7 Å². The number of imidazole rings is 1. The fourth-order valence-electron chi connectivity index (χ4n) is 1.77. The number of benzene rings is 1. The molecule has 0 unspecified atom stereocenters. The van der Waals surface area contributed by atoms with Crippen molar-refractivity contribution in [1.82, 2.24) is 9.55 Å². The van der Waals surface area contributed by atoms with E-state index in [1.807, 2.05) is 0 Å². The van der Waals surface area contributed by atoms with Crippen molar-refractivity contribution < 1.29 is 13.2 Å². The summed E-state index contributed by atoms with van der Waals surface area (Å²) in [6.07, 6.45) is -5.16. The first-order valence-electron chi connectivity index (χ1n) is 5.18. The maximum Gasteiger partial charge on any atom is 0.390 e. The second-order valence-corrected chi connectivity index (χ2v) is 4.46. The number of rotatable bonds is 3. The zero-order chi connectivity index (χ0) is 13.3. The molecule has 18 heavy (non-hydrogen) atoms. The van der Waals surface area contributed by atoms with Crippen molar-refractivity contribution in [3.05, 3.63) is 29.0 Å². The molecule has 0 aliphatic rings. The molecule has 0 saturated carbocycles. The lowest BCUT2D eigenvalue weighted by Crippen LogP contribution is -2.13. The average molecular weight is 297 g/mol. The van der Waals surface area contributed by atoms with E-state index in [0.29, 0.717) is 21.9 Å². The molecule has 0 saturated heterocycles. The van der Waals surface area contributed by atoms with E-state index in [1.54, 1.807) is 18.2 Å². The minimum atomic E-state index is -4.22. The van der Waals surface area contributed by atoms with E-state index in [1.165, 1.54) is 4.57 Å². The predicted octanol–water partition coefficient (Wildman–Crippen LogP) is 4.38. The number of halogens is 5. The summed E-state index contributed by atoms with van der Waals surface area (Å²) in [7, 11) is 0. The largest absolute Gasteiger partial charge is 0.390 e. The molecule has 1 aromatic carbocycles. The van der Waals surface area contributed by atoms with Gasteiger partial charge in [0.25, 0.3) is 0 Å². The van der Waals surface area contributed by atoms with Gasteiger partial charge in [-0.15, -0.1) is 11.6 Å². The van der Waals surface area contributed by atoms with Crippen LogP contribution in [0.25, 0.3) is 11.0 Å². The SMILES string of the molecule is FC(F)(F)CCn1c(CCl)nc2cccc(Cl)c21. The second kappa shape index (κ2) is 4.97. The summed E-state index contributed by atoms with van der Waals surface area (Å²) in [6, 6.07) is 5.01. The third kappa shape index (κ3) is 2.72. The Labute approximate surface area is 111 Å². The summed E-state index contributed by atoms with van der Waals surface area (Å²) in [6.45, 7) is -0.230. The highest BCUT2D eigenvalue weighted by Gasteiger charge is 2.27. The molecular weight excluding hydrogens is 288 g/mol. The maximum atomic E-state index is 12.3. The number of fused-ring (bicyclic) bond motifs is 1. The highest BCUT2D eigenvalue weighted by atomic mass is 35.5. The van der Waals surface area contributed by atoms with Gasteiger partial charge in [-0.1, -0.05) is 17.7 Å². The van der Waals surface area contributed by atoms with Crippen molar-refractivity contribution in [1.29, 1.82) is 0 Å². The van der Waals surface area contributed by atoms with E-state index in [2.05, 4.69) is 4.98 Å². The molecule has 7 heteroatoms. The van der Waals surface area contributed by atoms with E-state index >= 15 is 0 Å². The summed E-state index contributed by atoms with van der Waals surface area (Å²) in [5.74, 6) is 0.437. The van der Waals surface area contributed by atoms with Gasteiger partial charge in [0.1, 0.15) is 5.82 Å². The Hall–Kier alpha value is -0.940. The highest BCUT2D eigenvalue weighted by Crippen LogP contribution is 2.28. The van der Waals surface area contributed by atoms with Gasteiger partial charge in [-0.25, -0.2) is 4.98 Å². The fourth-order valence-corrected chi connectivity index (χ4v) is 2.25. The van der Waals surface area contributed by atoms with E-state index in [-0.39, 0.29) is 12.4 Å². The Kier molecular flexibility index (Phi) is 3.73. The Morgan fingerprint density at radius 1 is 1.28 bits per heavy atom. The van der Waals surface area contributed by atoms with Crippen molar-refractivity contribution in [2.45, 2.75) is 25.0 Å². The number of alkyl halides is 4. The van der Waals surface area contributed by atoms with Gasteiger partial charge in [-0.3, -0.25) is 0 Å². The predicted molar refractivity (Wildman–Crippen MR) is 65.0 cm³/mol. The van der Waals surface area contributed by atoms with Crippen molar-refractivity contribution in [2.24, 2.45) is 0 Å². The first-order valence-corrected chi connectivity index (χ1v) is 6.10. The normalized spacial score (nSPS) is 12.3. The molecule has 0 N–H and O–H groups in total. The van der Waals surface area contributed by atoms with Crippen LogP contribution in [0.15, 0.2) is 18.2 Å². The van der Waals surface area contributed by atoms with Crippen LogP contribution in [0.1, 0.15) is 12.2 Å². The molecule has 0 aliphatic carbocycles. The zero-order valence-electron chi connectivity index (χ0n) is 9.14. The summed E-state index contributed by atoms with van der Waals surface area (Å²) in [5.41, 5.74) is 1.05. The molecule has 0 spiro atoms. The molecule has 2 rings (SSSR count). The standard InChI is InChI=1S/C11H9Cl2F3N2/c12-6-9-17-8-3-1-2-7(13)10(8)18(9)5-4-11(14,15)16/h1-3H,4-6H2. The molecule has 2 aromatic rings. The van der Waals surface area contributed by atoms with Crippen LogP contribution in [-0.2, 0) is 12.4 Å². The number of nitrogens with zero attached hydrogens (tertiary/aromatic N) is 2. The van der Waals surface area contributed by atoms with Gasteiger partial charge < -0.3 is 4.57 Å². The highest BCUT2D eigenvalue weighted by molar-refractivity contribution is 6.35. The van der Waals surface area contributed by atoms with Crippen molar-refractivity contribution in [3.63, 3.8) is 0 Å². The molecule has 1 heterocycles. The Morgan fingerprint density at radius 3 is 2.61 bits per heavy atom. The van der Waals surface area contributed by atoms with E-state index in [9.17, 15) is 13.2 Å². The first kappa shape index (κ1) is 13.5. The lowest BCUT2D eigenvalue weighted by atomic mass is 10.3. The van der Waals surface area contributed by atoms with Crippen LogP contribution in [0.2, 0.25) is 5.02 Å². The molecule has 1 aromatic heterocycles. The van der Waals surface area contributed by atoms with Gasteiger partial charge in [0.2, 0.25) is 0 Å². The minimum Gasteiger partial charge on any atom is -0.325 e. The smallest absolute Gasteiger partial charge is 0.325 e. The fraction of sp³-hybridized carbons (Fsp3) is 0.364. The zero-order valence-corrected chi connectivity index (χ0v) is 10.6. The van der Waals surface area contributed by atoms with E-state index in [4.69, 9.17) is 23.2 Å². The molecular formula is C11H9Cl2F3N2. The summed E-state index contributed by atoms with van der Waals surface area (Å²) >= 11 is 11.7. The van der Waals surface area contributed by atoms with Gasteiger partial charge >= 0.3 is 6.18 Å². The molecule has 0 aliphatic heterocycles. The first-order chi connectivity index (χ1) is 8.42. The summed E-state index contributed by atoms with van der Waals surface area (Å²) < 4.78 is 38.3. The molecule has 0 amide bonds. The topological polar surface area (TPSA) is 17.8 Å². The van der Waals surface area contributed by atoms with Gasteiger partial charge in [-0.05, 0) is 12.1 Å². The average Bonchev–Trinajstić information content (AvgIpc) is 2.64. The van der Waals surface area contributed by atoms with Gasteiger partial charge in [-0.2, -0.15) is 13.2 Å². The lowest BCUT2D eigenvalue weighted by Gasteiger charge is -2.10. The number of para-hydroxylation sites is 1. The minimum absolute atomic E-state index is 0.0445. The van der Waals surface area contributed by atoms with Crippen molar-refractivity contribution in [2.75, 3.05) is 0 Å². The van der Waals surface area contributed by atoms with Crippen molar-refractivity contribution in [3.8, 4) is 0 Å². The second-order valence-electron chi connectivity index (χ2n) is 3.79.